The Hall–Kier alpha value is -1.47. The highest BCUT2D eigenvalue weighted by atomic mass is 19.4. The van der Waals surface area contributed by atoms with Gasteiger partial charge in [-0.05, 0) is 12.1 Å². The highest BCUT2D eigenvalue weighted by molar-refractivity contribution is 5.33. The maximum atomic E-state index is 11.9. The zero-order valence-electron chi connectivity index (χ0n) is 7.75. The topological polar surface area (TPSA) is 20.2 Å². The van der Waals surface area contributed by atoms with Crippen LogP contribution in [0, 0.1) is 11.8 Å². The molecule has 0 saturated heterocycles. The fourth-order valence-corrected chi connectivity index (χ4v) is 0.887. The molecule has 0 amide bonds. The molecule has 1 rings (SSSR count). The van der Waals surface area contributed by atoms with E-state index < -0.39 is 18.7 Å². The van der Waals surface area contributed by atoms with Crippen LogP contribution < -0.4 is 0 Å². The molecule has 80 valence electrons. The third-order valence-corrected chi connectivity index (χ3v) is 1.68. The van der Waals surface area contributed by atoms with Gasteiger partial charge in [0.25, 0.3) is 0 Å². The van der Waals surface area contributed by atoms with Crippen LogP contribution in [0.2, 0.25) is 0 Å². The fraction of sp³-hybridized carbons (Fsp3) is 0.273. The molecule has 0 heterocycles. The molecule has 0 aromatic heterocycles. The van der Waals surface area contributed by atoms with E-state index in [0.717, 1.165) is 0 Å². The first-order valence-electron chi connectivity index (χ1n) is 4.29. The molecule has 1 nitrogen and oxygen atoms in total. The fourth-order valence-electron chi connectivity index (χ4n) is 0.887. The number of hydrogen-bond donors (Lipinski definition) is 1. The number of benzene rings is 1. The smallest absolute Gasteiger partial charge is 0.383 e. The Morgan fingerprint density at radius 2 is 1.80 bits per heavy atom. The molecule has 0 bridgehead atoms. The van der Waals surface area contributed by atoms with Crippen molar-refractivity contribution in [1.82, 2.24) is 0 Å². The zero-order valence-corrected chi connectivity index (χ0v) is 7.75. The van der Waals surface area contributed by atoms with Gasteiger partial charge in [0.2, 0.25) is 0 Å². The van der Waals surface area contributed by atoms with Crippen molar-refractivity contribution in [3.63, 3.8) is 0 Å². The summed E-state index contributed by atoms with van der Waals surface area (Å²) in [5.74, 6) is 4.83. The average Bonchev–Trinajstić information content (AvgIpc) is 2.18. The van der Waals surface area contributed by atoms with Gasteiger partial charge in [0.15, 0.2) is 6.10 Å². The Morgan fingerprint density at radius 3 is 2.33 bits per heavy atom. The summed E-state index contributed by atoms with van der Waals surface area (Å²) in [6, 6.07) is 8.64. The maximum absolute atomic E-state index is 11.9. The molecule has 0 aliphatic carbocycles. The first-order chi connectivity index (χ1) is 7.00. The standard InChI is InChI=1S/C11H9F3O/c12-11(13,14)10(15)8-4-7-9-5-2-1-3-6-9/h1-3,5-6,10,15H,8H2. The molecule has 4 heteroatoms. The van der Waals surface area contributed by atoms with E-state index in [0.29, 0.717) is 5.56 Å². The van der Waals surface area contributed by atoms with Crippen LogP contribution in [-0.2, 0) is 0 Å². The molecule has 1 aromatic rings. The Labute approximate surface area is 85.5 Å². The van der Waals surface area contributed by atoms with Crippen LogP contribution >= 0.6 is 0 Å². The third-order valence-electron chi connectivity index (χ3n) is 1.68. The second-order valence-corrected chi connectivity index (χ2v) is 2.93. The molecule has 1 unspecified atom stereocenters. The quantitative estimate of drug-likeness (QED) is 0.711. The summed E-state index contributed by atoms with van der Waals surface area (Å²) in [5.41, 5.74) is 0.631. The second-order valence-electron chi connectivity index (χ2n) is 2.93. The molecule has 0 radical (unpaired) electrons. The lowest BCUT2D eigenvalue weighted by Gasteiger charge is -2.10. The van der Waals surface area contributed by atoms with Gasteiger partial charge in [0, 0.05) is 12.0 Å². The van der Waals surface area contributed by atoms with E-state index in [1.54, 1.807) is 30.3 Å². The number of hydrogen-bond acceptors (Lipinski definition) is 1. The predicted molar refractivity (Wildman–Crippen MR) is 50.0 cm³/mol. The molecule has 0 saturated carbocycles. The Morgan fingerprint density at radius 1 is 1.20 bits per heavy atom. The lowest BCUT2D eigenvalue weighted by atomic mass is 10.2. The third kappa shape index (κ3) is 4.05. The van der Waals surface area contributed by atoms with E-state index in [1.807, 2.05) is 0 Å². The van der Waals surface area contributed by atoms with Gasteiger partial charge in [-0.2, -0.15) is 13.2 Å². The van der Waals surface area contributed by atoms with Crippen molar-refractivity contribution in [2.24, 2.45) is 0 Å². The average molecular weight is 214 g/mol. The van der Waals surface area contributed by atoms with Crippen LogP contribution in [0.15, 0.2) is 30.3 Å². The van der Waals surface area contributed by atoms with Crippen molar-refractivity contribution in [3.8, 4) is 11.8 Å². The summed E-state index contributed by atoms with van der Waals surface area (Å²) in [6.07, 6.45) is -7.56. The largest absolute Gasteiger partial charge is 0.415 e. The Bertz CT molecular complexity index is 359. The number of alkyl halides is 3. The van der Waals surface area contributed by atoms with E-state index >= 15 is 0 Å². The monoisotopic (exact) mass is 214 g/mol. The summed E-state index contributed by atoms with van der Waals surface area (Å²) in [6.45, 7) is 0. The minimum absolute atomic E-state index is 0.599. The predicted octanol–water partition coefficient (Wildman–Crippen LogP) is 2.35. The highest BCUT2D eigenvalue weighted by Crippen LogP contribution is 2.21. The summed E-state index contributed by atoms with van der Waals surface area (Å²) < 4.78 is 35.6. The van der Waals surface area contributed by atoms with Crippen molar-refractivity contribution < 1.29 is 18.3 Å². The van der Waals surface area contributed by atoms with Crippen LogP contribution in [0.25, 0.3) is 0 Å². The zero-order chi connectivity index (χ0) is 11.3. The van der Waals surface area contributed by atoms with Crippen molar-refractivity contribution in [3.05, 3.63) is 35.9 Å². The first kappa shape index (κ1) is 11.6. The van der Waals surface area contributed by atoms with E-state index in [1.165, 1.54) is 0 Å². The second kappa shape index (κ2) is 4.85. The van der Waals surface area contributed by atoms with Crippen LogP contribution in [-0.4, -0.2) is 17.4 Å². The molecule has 15 heavy (non-hydrogen) atoms. The van der Waals surface area contributed by atoms with E-state index in [9.17, 15) is 13.2 Å². The lowest BCUT2D eigenvalue weighted by molar-refractivity contribution is -0.201. The van der Waals surface area contributed by atoms with Crippen LogP contribution in [0.3, 0.4) is 0 Å². The van der Waals surface area contributed by atoms with Crippen molar-refractivity contribution in [2.75, 3.05) is 0 Å². The SMILES string of the molecule is OC(CC#Cc1ccccc1)C(F)(F)F. The molecule has 1 aromatic carbocycles. The van der Waals surface area contributed by atoms with E-state index in [2.05, 4.69) is 11.8 Å². The maximum Gasteiger partial charge on any atom is 0.415 e. The van der Waals surface area contributed by atoms with Gasteiger partial charge in [0.05, 0.1) is 0 Å². The molecule has 1 atom stereocenters. The lowest BCUT2D eigenvalue weighted by Crippen LogP contribution is -2.27. The summed E-state index contributed by atoms with van der Waals surface area (Å²) in [7, 11) is 0. The van der Waals surface area contributed by atoms with Crippen LogP contribution in [0.5, 0.6) is 0 Å². The summed E-state index contributed by atoms with van der Waals surface area (Å²) in [5, 5.41) is 8.64. The van der Waals surface area contributed by atoms with E-state index in [4.69, 9.17) is 5.11 Å². The molecular weight excluding hydrogens is 205 g/mol. The van der Waals surface area contributed by atoms with Gasteiger partial charge in [-0.25, -0.2) is 0 Å². The molecule has 1 N–H and O–H groups in total. The molecular formula is C11H9F3O. The molecule has 0 spiro atoms. The Balaban J connectivity index is 2.55. The van der Waals surface area contributed by atoms with Crippen molar-refractivity contribution in [1.29, 1.82) is 0 Å². The molecule has 0 aliphatic heterocycles. The normalized spacial score (nSPS) is 12.8. The van der Waals surface area contributed by atoms with Gasteiger partial charge in [-0.1, -0.05) is 30.0 Å². The number of aliphatic hydroxyl groups is 1. The van der Waals surface area contributed by atoms with Gasteiger partial charge in [0.1, 0.15) is 0 Å². The first-order valence-corrected chi connectivity index (χ1v) is 4.29. The summed E-state index contributed by atoms with van der Waals surface area (Å²) >= 11 is 0. The highest BCUT2D eigenvalue weighted by Gasteiger charge is 2.37. The van der Waals surface area contributed by atoms with Gasteiger partial charge < -0.3 is 5.11 Å². The van der Waals surface area contributed by atoms with Crippen molar-refractivity contribution >= 4 is 0 Å². The Kier molecular flexibility index (Phi) is 3.75. The van der Waals surface area contributed by atoms with Crippen molar-refractivity contribution in [2.45, 2.75) is 18.7 Å². The number of halogens is 3. The van der Waals surface area contributed by atoms with Crippen LogP contribution in [0.1, 0.15) is 12.0 Å². The van der Waals surface area contributed by atoms with Gasteiger partial charge in [-0.3, -0.25) is 0 Å². The minimum Gasteiger partial charge on any atom is -0.383 e. The summed E-state index contributed by atoms with van der Waals surface area (Å²) in [4.78, 5) is 0. The van der Waals surface area contributed by atoms with Gasteiger partial charge >= 0.3 is 6.18 Å². The molecule has 0 fully saturated rings. The van der Waals surface area contributed by atoms with E-state index in [-0.39, 0.29) is 0 Å². The van der Waals surface area contributed by atoms with Gasteiger partial charge in [-0.15, -0.1) is 0 Å². The number of rotatable bonds is 1. The van der Waals surface area contributed by atoms with Crippen LogP contribution in [0.4, 0.5) is 13.2 Å². The minimum atomic E-state index is -4.59. The number of aliphatic hydroxyl groups excluding tert-OH is 1. The molecule has 0 aliphatic rings.